The van der Waals surface area contributed by atoms with Gasteiger partial charge in [0.1, 0.15) is 11.3 Å². The van der Waals surface area contributed by atoms with Gasteiger partial charge in [0, 0.05) is 28.4 Å². The highest BCUT2D eigenvalue weighted by molar-refractivity contribution is 6.31. The molecule has 4 aliphatic heterocycles. The Bertz CT molecular complexity index is 1360. The molecule has 2 aromatic rings. The molecular formula is C24H21ClN4O6. The molecule has 11 heteroatoms. The summed E-state index contributed by atoms with van der Waals surface area (Å²) in [5.41, 5.74) is 0.567. The molecule has 180 valence electrons. The summed E-state index contributed by atoms with van der Waals surface area (Å²) in [6, 6.07) is 6.93. The van der Waals surface area contributed by atoms with Gasteiger partial charge in [0.15, 0.2) is 0 Å². The van der Waals surface area contributed by atoms with Gasteiger partial charge < -0.3 is 10.1 Å². The highest BCUT2D eigenvalue weighted by Gasteiger charge is 2.75. The van der Waals surface area contributed by atoms with Crippen molar-refractivity contribution in [2.45, 2.75) is 31.3 Å². The van der Waals surface area contributed by atoms with Crippen molar-refractivity contribution in [2.24, 2.45) is 11.8 Å². The fraction of sp³-hybridized carbons (Fsp3) is 0.375. The number of nitrogens with one attached hydrogen (secondary N) is 1. The number of ether oxygens (including phenoxy) is 1. The first-order chi connectivity index (χ1) is 16.7. The van der Waals surface area contributed by atoms with Crippen LogP contribution in [0, 0.1) is 28.9 Å². The quantitative estimate of drug-likeness (QED) is 0.393. The fourth-order valence-electron chi connectivity index (χ4n) is 6.64. The summed E-state index contributed by atoms with van der Waals surface area (Å²) < 4.78 is 5.32. The minimum Gasteiger partial charge on any atom is -0.494 e. The van der Waals surface area contributed by atoms with Gasteiger partial charge in [-0.05, 0) is 50.1 Å². The average Bonchev–Trinajstić information content (AvgIpc) is 3.52. The monoisotopic (exact) mass is 496 g/mol. The molecule has 1 spiro atoms. The van der Waals surface area contributed by atoms with Crippen LogP contribution in [0.1, 0.15) is 24.0 Å². The summed E-state index contributed by atoms with van der Waals surface area (Å²) >= 11 is 6.40. The first-order valence-corrected chi connectivity index (χ1v) is 11.7. The van der Waals surface area contributed by atoms with Crippen molar-refractivity contribution in [3.8, 4) is 5.75 Å². The fourth-order valence-corrected chi connectivity index (χ4v) is 6.91. The van der Waals surface area contributed by atoms with Crippen LogP contribution in [0.15, 0.2) is 30.3 Å². The molecule has 3 saturated heterocycles. The van der Waals surface area contributed by atoms with Gasteiger partial charge in [0.25, 0.3) is 5.69 Å². The number of aryl methyl sites for hydroxylation is 1. The van der Waals surface area contributed by atoms with E-state index in [0.717, 1.165) is 16.9 Å². The van der Waals surface area contributed by atoms with E-state index in [2.05, 4.69) is 5.32 Å². The number of nitro groups is 1. The average molecular weight is 497 g/mol. The number of non-ortho nitro benzene ring substituents is 1. The minimum absolute atomic E-state index is 0.0355. The second-order valence-electron chi connectivity index (χ2n) is 9.40. The second-order valence-corrected chi connectivity index (χ2v) is 9.83. The van der Waals surface area contributed by atoms with Gasteiger partial charge in [-0.3, -0.25) is 29.4 Å². The van der Waals surface area contributed by atoms with E-state index in [9.17, 15) is 24.5 Å². The summed E-state index contributed by atoms with van der Waals surface area (Å²) in [7, 11) is 1.32. The molecule has 4 aliphatic rings. The van der Waals surface area contributed by atoms with Crippen LogP contribution in [0.5, 0.6) is 5.75 Å². The zero-order valence-electron chi connectivity index (χ0n) is 18.9. The summed E-state index contributed by atoms with van der Waals surface area (Å²) in [4.78, 5) is 55.4. The summed E-state index contributed by atoms with van der Waals surface area (Å²) in [5, 5.41) is 14.6. The minimum atomic E-state index is -1.35. The highest BCUT2D eigenvalue weighted by Crippen LogP contribution is 2.61. The third-order valence-corrected chi connectivity index (χ3v) is 8.10. The lowest BCUT2D eigenvalue weighted by Gasteiger charge is -2.36. The van der Waals surface area contributed by atoms with E-state index in [1.807, 2.05) is 11.8 Å². The highest BCUT2D eigenvalue weighted by atomic mass is 35.5. The Morgan fingerprint density at radius 1 is 1.20 bits per heavy atom. The first kappa shape index (κ1) is 22.0. The van der Waals surface area contributed by atoms with Crippen LogP contribution in [0.2, 0.25) is 5.02 Å². The number of fused-ring (bicyclic) bond motifs is 7. The molecule has 0 radical (unpaired) electrons. The van der Waals surface area contributed by atoms with Crippen molar-refractivity contribution >= 4 is 46.4 Å². The standard InChI is InChI=1S/C24H21ClN4O6/c1-11-8-12(25)9-14-20(11)26-23(32)24(14)19-18(16-4-3-7-27(16)24)21(30)28(22(19)31)15-6-5-13(29(33)34)10-17(15)35-2/h5-6,8-10,16,18-19H,3-4,7H2,1-2H3,(H,26,32)/t16-,18-,19+,24-/m1/s1. The molecule has 0 aromatic heterocycles. The normalized spacial score (nSPS) is 28.9. The maximum atomic E-state index is 14.1. The van der Waals surface area contributed by atoms with Crippen molar-refractivity contribution in [3.05, 3.63) is 56.6 Å². The molecule has 4 atom stereocenters. The number of nitrogens with zero attached hydrogens (tertiary/aromatic N) is 3. The number of nitro benzene ring substituents is 1. The molecule has 3 fully saturated rings. The van der Waals surface area contributed by atoms with Crippen LogP contribution in [-0.4, -0.2) is 47.2 Å². The number of hydrogen-bond acceptors (Lipinski definition) is 7. The Kier molecular flexibility index (Phi) is 4.56. The summed E-state index contributed by atoms with van der Waals surface area (Å²) in [6.45, 7) is 2.42. The van der Waals surface area contributed by atoms with Crippen LogP contribution < -0.4 is 15.0 Å². The van der Waals surface area contributed by atoms with Crippen LogP contribution in [0.4, 0.5) is 17.1 Å². The molecule has 0 bridgehead atoms. The molecular weight excluding hydrogens is 476 g/mol. The smallest absolute Gasteiger partial charge is 0.273 e. The van der Waals surface area contributed by atoms with Gasteiger partial charge in [-0.2, -0.15) is 0 Å². The molecule has 1 N–H and O–H groups in total. The Hall–Kier alpha value is -3.50. The van der Waals surface area contributed by atoms with Gasteiger partial charge in [-0.1, -0.05) is 11.6 Å². The van der Waals surface area contributed by atoms with E-state index in [1.165, 1.54) is 25.3 Å². The number of rotatable bonds is 3. The number of anilines is 2. The molecule has 2 aromatic carbocycles. The lowest BCUT2D eigenvalue weighted by atomic mass is 9.75. The Labute approximate surface area is 204 Å². The largest absolute Gasteiger partial charge is 0.494 e. The third-order valence-electron chi connectivity index (χ3n) is 7.88. The van der Waals surface area contributed by atoms with Gasteiger partial charge in [-0.15, -0.1) is 0 Å². The lowest BCUT2D eigenvalue weighted by molar-refractivity contribution is -0.384. The zero-order chi connectivity index (χ0) is 24.8. The van der Waals surface area contributed by atoms with Crippen molar-refractivity contribution in [1.82, 2.24) is 4.90 Å². The predicted octanol–water partition coefficient (Wildman–Crippen LogP) is 3.00. The maximum Gasteiger partial charge on any atom is 0.273 e. The maximum absolute atomic E-state index is 14.1. The van der Waals surface area contributed by atoms with E-state index in [4.69, 9.17) is 16.3 Å². The molecule has 0 unspecified atom stereocenters. The van der Waals surface area contributed by atoms with Gasteiger partial charge in [-0.25, -0.2) is 4.90 Å². The lowest BCUT2D eigenvalue weighted by Crippen LogP contribution is -2.54. The molecule has 35 heavy (non-hydrogen) atoms. The van der Waals surface area contributed by atoms with Crippen molar-refractivity contribution < 1.29 is 24.0 Å². The van der Waals surface area contributed by atoms with Gasteiger partial charge in [0.2, 0.25) is 17.7 Å². The second kappa shape index (κ2) is 7.25. The number of hydrogen-bond donors (Lipinski definition) is 1. The third kappa shape index (κ3) is 2.61. The Morgan fingerprint density at radius 3 is 2.69 bits per heavy atom. The van der Waals surface area contributed by atoms with E-state index in [1.54, 1.807) is 12.1 Å². The number of benzene rings is 2. The van der Waals surface area contributed by atoms with E-state index >= 15 is 0 Å². The van der Waals surface area contributed by atoms with Crippen LogP contribution >= 0.6 is 11.6 Å². The number of amides is 3. The van der Waals surface area contributed by atoms with Gasteiger partial charge >= 0.3 is 0 Å². The number of carbonyl (C=O) groups is 3. The number of halogens is 1. The molecule has 0 saturated carbocycles. The van der Waals surface area contributed by atoms with Crippen molar-refractivity contribution in [3.63, 3.8) is 0 Å². The van der Waals surface area contributed by atoms with Crippen molar-refractivity contribution in [2.75, 3.05) is 23.9 Å². The zero-order valence-corrected chi connectivity index (χ0v) is 19.7. The first-order valence-electron chi connectivity index (χ1n) is 11.3. The Morgan fingerprint density at radius 2 is 1.97 bits per heavy atom. The van der Waals surface area contributed by atoms with E-state index in [0.29, 0.717) is 29.2 Å². The summed E-state index contributed by atoms with van der Waals surface area (Å²) in [6.07, 6.45) is 1.47. The molecule has 4 heterocycles. The topological polar surface area (TPSA) is 122 Å². The SMILES string of the molecule is COc1cc([N+](=O)[O-])ccc1N1C(=O)[C@@H]2[C@H]3CCCN3[C@@]3(C(=O)Nc4c(C)cc(Cl)cc43)[C@@H]2C1=O. The van der Waals surface area contributed by atoms with Crippen LogP contribution in [0.25, 0.3) is 0 Å². The van der Waals surface area contributed by atoms with Crippen molar-refractivity contribution in [1.29, 1.82) is 0 Å². The number of methoxy groups -OCH3 is 1. The predicted molar refractivity (Wildman–Crippen MR) is 125 cm³/mol. The molecule has 3 amide bonds. The Balaban J connectivity index is 1.55. The molecule has 6 rings (SSSR count). The molecule has 10 nitrogen and oxygen atoms in total. The van der Waals surface area contributed by atoms with Gasteiger partial charge in [0.05, 0.1) is 35.6 Å². The number of imide groups is 1. The van der Waals surface area contributed by atoms with E-state index < -0.39 is 34.1 Å². The van der Waals surface area contributed by atoms with Crippen LogP contribution in [-0.2, 0) is 19.9 Å². The number of carbonyl (C=O) groups excluding carboxylic acids is 3. The van der Waals surface area contributed by atoms with Crippen LogP contribution in [0.3, 0.4) is 0 Å². The van der Waals surface area contributed by atoms with E-state index in [-0.39, 0.29) is 29.1 Å². The summed E-state index contributed by atoms with van der Waals surface area (Å²) in [5.74, 6) is -2.95. The molecule has 0 aliphatic carbocycles.